The molecule has 118 valence electrons. The summed E-state index contributed by atoms with van der Waals surface area (Å²) in [6, 6.07) is 1.18. The summed E-state index contributed by atoms with van der Waals surface area (Å²) < 4.78 is 50.5. The Hall–Kier alpha value is -1.21. The molecule has 8 heteroatoms. The highest BCUT2D eigenvalue weighted by Gasteiger charge is 2.29. The quantitative estimate of drug-likeness (QED) is 0.774. The van der Waals surface area contributed by atoms with Crippen LogP contribution in [-0.2, 0) is 9.05 Å². The highest BCUT2D eigenvalue weighted by molar-refractivity contribution is 8.13. The molecule has 21 heavy (non-hydrogen) atoms. The summed E-state index contributed by atoms with van der Waals surface area (Å²) in [6.45, 7) is 5.47. The van der Waals surface area contributed by atoms with Crippen LogP contribution in [0.3, 0.4) is 0 Å². The Kier molecular flexibility index (Phi) is 5.69. The van der Waals surface area contributed by atoms with Crippen LogP contribution in [0.4, 0.5) is 8.78 Å². The smallest absolute Gasteiger partial charge is 0.264 e. The molecule has 0 aromatic heterocycles. The molecule has 1 unspecified atom stereocenters. The van der Waals surface area contributed by atoms with Gasteiger partial charge in [0, 0.05) is 23.3 Å². The Morgan fingerprint density at radius 3 is 2.33 bits per heavy atom. The van der Waals surface area contributed by atoms with E-state index in [9.17, 15) is 22.0 Å². The van der Waals surface area contributed by atoms with Gasteiger partial charge in [0.25, 0.3) is 15.0 Å². The van der Waals surface area contributed by atoms with Crippen LogP contribution >= 0.6 is 10.7 Å². The molecule has 0 fully saturated rings. The minimum absolute atomic E-state index is 0.238. The second-order valence-electron chi connectivity index (χ2n) is 4.52. The number of rotatable bonds is 5. The van der Waals surface area contributed by atoms with E-state index in [1.165, 1.54) is 4.90 Å². The van der Waals surface area contributed by atoms with Crippen molar-refractivity contribution in [3.63, 3.8) is 0 Å². The molecule has 0 saturated carbocycles. The third-order valence-electron chi connectivity index (χ3n) is 3.26. The highest BCUT2D eigenvalue weighted by atomic mass is 35.7. The molecule has 0 bridgehead atoms. The van der Waals surface area contributed by atoms with Crippen molar-refractivity contribution >= 4 is 25.6 Å². The van der Waals surface area contributed by atoms with Gasteiger partial charge in [0.15, 0.2) is 5.82 Å². The van der Waals surface area contributed by atoms with Crippen molar-refractivity contribution in [3.8, 4) is 0 Å². The molecule has 4 nitrogen and oxygen atoms in total. The van der Waals surface area contributed by atoms with E-state index in [4.69, 9.17) is 10.7 Å². The molecule has 1 aromatic rings. The molecule has 1 atom stereocenters. The summed E-state index contributed by atoms with van der Waals surface area (Å²) in [4.78, 5) is 12.7. The average Bonchev–Trinajstić information content (AvgIpc) is 2.37. The van der Waals surface area contributed by atoms with E-state index in [0.29, 0.717) is 12.5 Å². The van der Waals surface area contributed by atoms with Crippen LogP contribution in [0.15, 0.2) is 17.0 Å². The third-order valence-corrected chi connectivity index (χ3v) is 4.60. The first-order valence-corrected chi connectivity index (χ1v) is 8.69. The predicted molar refractivity (Wildman–Crippen MR) is 75.9 cm³/mol. The van der Waals surface area contributed by atoms with E-state index in [0.717, 1.165) is 6.07 Å². The van der Waals surface area contributed by atoms with Crippen molar-refractivity contribution in [2.24, 2.45) is 0 Å². The van der Waals surface area contributed by atoms with Gasteiger partial charge < -0.3 is 4.90 Å². The zero-order valence-electron chi connectivity index (χ0n) is 11.9. The number of amides is 1. The van der Waals surface area contributed by atoms with Crippen molar-refractivity contribution in [1.82, 2.24) is 4.90 Å². The Morgan fingerprint density at radius 2 is 1.90 bits per heavy atom. The normalized spacial score (nSPS) is 13.0. The van der Waals surface area contributed by atoms with Gasteiger partial charge >= 0.3 is 0 Å². The Bertz CT molecular complexity index is 649. The predicted octanol–water partition coefficient (Wildman–Crippen LogP) is 3.15. The van der Waals surface area contributed by atoms with Crippen LogP contribution in [0.1, 0.15) is 37.6 Å². The maximum absolute atomic E-state index is 14.2. The lowest BCUT2D eigenvalue weighted by Gasteiger charge is -2.27. The van der Waals surface area contributed by atoms with E-state index < -0.39 is 37.1 Å². The maximum atomic E-state index is 14.2. The Balaban J connectivity index is 3.46. The number of hydrogen-bond donors (Lipinski definition) is 0. The minimum atomic E-state index is -4.40. The standard InChI is InChI=1S/C13H16ClF2NO3S/c1-4-8(3)17(5-2)13(18)11-9(15)6-7-10(12(11)16)21(14,19)20/h6-8H,4-5H2,1-3H3. The second-order valence-corrected chi connectivity index (χ2v) is 7.06. The van der Waals surface area contributed by atoms with Crippen molar-refractivity contribution in [2.75, 3.05) is 6.54 Å². The first-order valence-electron chi connectivity index (χ1n) is 6.38. The van der Waals surface area contributed by atoms with E-state index in [2.05, 4.69) is 0 Å². The summed E-state index contributed by atoms with van der Waals surface area (Å²) in [5.41, 5.74) is -0.904. The number of halogens is 3. The van der Waals surface area contributed by atoms with Crippen LogP contribution in [0.2, 0.25) is 0 Å². The minimum Gasteiger partial charge on any atom is -0.336 e. The van der Waals surface area contributed by atoms with Crippen LogP contribution < -0.4 is 0 Å². The fourth-order valence-corrected chi connectivity index (χ4v) is 2.84. The lowest BCUT2D eigenvalue weighted by molar-refractivity contribution is 0.0689. The molecule has 0 radical (unpaired) electrons. The monoisotopic (exact) mass is 339 g/mol. The van der Waals surface area contributed by atoms with E-state index in [1.807, 2.05) is 6.92 Å². The number of nitrogens with zero attached hydrogens (tertiary/aromatic N) is 1. The topological polar surface area (TPSA) is 54.5 Å². The molecule has 0 aliphatic carbocycles. The van der Waals surface area contributed by atoms with Crippen LogP contribution in [-0.4, -0.2) is 31.8 Å². The number of benzene rings is 1. The first kappa shape index (κ1) is 17.8. The van der Waals surface area contributed by atoms with E-state index >= 15 is 0 Å². The summed E-state index contributed by atoms with van der Waals surface area (Å²) in [5, 5.41) is 0. The van der Waals surface area contributed by atoms with Crippen molar-refractivity contribution in [2.45, 2.75) is 38.1 Å². The molecule has 0 heterocycles. The van der Waals surface area contributed by atoms with Gasteiger partial charge in [-0.15, -0.1) is 0 Å². The summed E-state index contributed by atoms with van der Waals surface area (Å²) in [5.74, 6) is -3.48. The van der Waals surface area contributed by atoms with Crippen LogP contribution in [0, 0.1) is 11.6 Å². The van der Waals surface area contributed by atoms with Crippen molar-refractivity contribution in [1.29, 1.82) is 0 Å². The van der Waals surface area contributed by atoms with Gasteiger partial charge in [-0.2, -0.15) is 0 Å². The van der Waals surface area contributed by atoms with Gasteiger partial charge in [0.2, 0.25) is 0 Å². The molecule has 1 rings (SSSR count). The maximum Gasteiger partial charge on any atom is 0.264 e. The Morgan fingerprint density at radius 1 is 1.33 bits per heavy atom. The summed E-state index contributed by atoms with van der Waals surface area (Å²) in [7, 11) is 0.676. The molecule has 1 aromatic carbocycles. The van der Waals surface area contributed by atoms with Crippen molar-refractivity contribution in [3.05, 3.63) is 29.3 Å². The summed E-state index contributed by atoms with van der Waals surface area (Å²) in [6.07, 6.45) is 0.594. The van der Waals surface area contributed by atoms with Crippen LogP contribution in [0.25, 0.3) is 0 Å². The SMILES string of the molecule is CCC(C)N(CC)C(=O)c1c(F)ccc(S(=O)(=O)Cl)c1F. The number of hydrogen-bond acceptors (Lipinski definition) is 3. The lowest BCUT2D eigenvalue weighted by atomic mass is 10.1. The summed E-state index contributed by atoms with van der Waals surface area (Å²) >= 11 is 0. The zero-order valence-corrected chi connectivity index (χ0v) is 13.4. The van der Waals surface area contributed by atoms with Gasteiger partial charge in [0.05, 0.1) is 0 Å². The van der Waals surface area contributed by atoms with Gasteiger partial charge in [0.1, 0.15) is 16.3 Å². The third kappa shape index (κ3) is 3.71. The van der Waals surface area contributed by atoms with Gasteiger partial charge in [-0.05, 0) is 32.4 Å². The largest absolute Gasteiger partial charge is 0.336 e. The molecular formula is C13H16ClF2NO3S. The molecule has 0 saturated heterocycles. The van der Waals surface area contributed by atoms with Crippen LogP contribution in [0.5, 0.6) is 0 Å². The molecular weight excluding hydrogens is 324 g/mol. The first-order chi connectivity index (χ1) is 9.65. The fourth-order valence-electron chi connectivity index (χ4n) is 1.94. The highest BCUT2D eigenvalue weighted by Crippen LogP contribution is 2.25. The zero-order chi connectivity index (χ0) is 16.4. The lowest BCUT2D eigenvalue weighted by Crippen LogP contribution is -2.39. The van der Waals surface area contributed by atoms with Gasteiger partial charge in [-0.1, -0.05) is 6.92 Å². The van der Waals surface area contributed by atoms with Gasteiger partial charge in [-0.3, -0.25) is 4.79 Å². The molecule has 0 spiro atoms. The molecule has 0 aliphatic rings. The average molecular weight is 340 g/mol. The Labute approximate surface area is 127 Å². The number of carbonyl (C=O) groups excluding carboxylic acids is 1. The van der Waals surface area contributed by atoms with Gasteiger partial charge in [-0.25, -0.2) is 17.2 Å². The molecule has 1 amide bonds. The molecule has 0 N–H and O–H groups in total. The van der Waals surface area contributed by atoms with E-state index in [1.54, 1.807) is 13.8 Å². The number of carbonyl (C=O) groups is 1. The molecule has 0 aliphatic heterocycles. The second kappa shape index (κ2) is 6.70. The fraction of sp³-hybridized carbons (Fsp3) is 0.462. The van der Waals surface area contributed by atoms with Crippen molar-refractivity contribution < 1.29 is 22.0 Å². The van der Waals surface area contributed by atoms with E-state index in [-0.39, 0.29) is 12.6 Å².